The number of rotatable bonds is 8. The molecule has 34 heavy (non-hydrogen) atoms. The Hall–Kier alpha value is -3.37. The molecule has 9 nitrogen and oxygen atoms in total. The van der Waals surface area contributed by atoms with Crippen LogP contribution in [0.1, 0.15) is 12.0 Å². The molecule has 1 saturated heterocycles. The number of hydrogen-bond donors (Lipinski definition) is 2. The summed E-state index contributed by atoms with van der Waals surface area (Å²) in [5.74, 6) is 0.366. The molecule has 2 amide bonds. The van der Waals surface area contributed by atoms with Crippen LogP contribution in [-0.4, -0.2) is 65.1 Å². The Kier molecular flexibility index (Phi) is 6.50. The summed E-state index contributed by atoms with van der Waals surface area (Å²) in [6.45, 7) is 1.84. The number of methoxy groups -OCH3 is 1. The topological polar surface area (TPSA) is 106 Å². The average Bonchev–Trinajstić information content (AvgIpc) is 3.23. The lowest BCUT2D eigenvalue weighted by molar-refractivity contribution is -0.117. The highest BCUT2D eigenvalue weighted by Gasteiger charge is 2.41. The standard InChI is InChI=1S/C24H25N5O4S/c1-32-20-7-6-18-21(28-20)15(9-13-26-18)8-11-25-12-10-16-14-29(24(31)33-16)23-22(30)27-17-4-2-3-5-19(17)34-23/h2-7,9,13,16,23,25H,8,10-12,14H2,1H3,(H,27,30). The summed E-state index contributed by atoms with van der Waals surface area (Å²) in [4.78, 5) is 36.4. The first-order chi connectivity index (χ1) is 16.6. The molecular weight excluding hydrogens is 454 g/mol. The minimum absolute atomic E-state index is 0.200. The van der Waals surface area contributed by atoms with Gasteiger partial charge in [0.2, 0.25) is 5.88 Å². The lowest BCUT2D eigenvalue weighted by Gasteiger charge is -2.29. The van der Waals surface area contributed by atoms with Crippen LogP contribution in [-0.2, 0) is 16.0 Å². The van der Waals surface area contributed by atoms with Gasteiger partial charge in [-0.1, -0.05) is 23.9 Å². The third kappa shape index (κ3) is 4.64. The number of thioether (sulfide) groups is 1. The molecule has 176 valence electrons. The van der Waals surface area contributed by atoms with E-state index < -0.39 is 11.5 Å². The van der Waals surface area contributed by atoms with E-state index in [0.29, 0.717) is 25.4 Å². The molecule has 10 heteroatoms. The summed E-state index contributed by atoms with van der Waals surface area (Å²) < 4.78 is 10.8. The number of para-hydroxylation sites is 1. The van der Waals surface area contributed by atoms with Gasteiger partial charge in [0, 0.05) is 17.2 Å². The fourth-order valence-electron chi connectivity index (χ4n) is 4.12. The molecule has 5 rings (SSSR count). The molecule has 2 aliphatic rings. The Balaban J connectivity index is 1.11. The highest BCUT2D eigenvalue weighted by Crippen LogP contribution is 2.38. The van der Waals surface area contributed by atoms with Crippen molar-refractivity contribution in [2.75, 3.05) is 32.1 Å². The maximum absolute atomic E-state index is 12.6. The highest BCUT2D eigenvalue weighted by molar-refractivity contribution is 8.00. The zero-order valence-electron chi connectivity index (χ0n) is 18.7. The highest BCUT2D eigenvalue weighted by atomic mass is 32.2. The maximum atomic E-state index is 12.6. The van der Waals surface area contributed by atoms with Gasteiger partial charge >= 0.3 is 6.09 Å². The van der Waals surface area contributed by atoms with Crippen LogP contribution in [0.15, 0.2) is 53.6 Å². The second-order valence-electron chi connectivity index (χ2n) is 8.09. The lowest BCUT2D eigenvalue weighted by Crippen LogP contribution is -2.44. The minimum atomic E-state index is -0.621. The number of anilines is 1. The lowest BCUT2D eigenvalue weighted by atomic mass is 10.1. The van der Waals surface area contributed by atoms with E-state index in [1.54, 1.807) is 19.4 Å². The molecule has 2 aliphatic heterocycles. The van der Waals surface area contributed by atoms with Gasteiger partial charge in [0.15, 0.2) is 5.37 Å². The summed E-state index contributed by atoms with van der Waals surface area (Å²) in [5.41, 5.74) is 3.55. The number of hydrogen-bond acceptors (Lipinski definition) is 8. The Morgan fingerprint density at radius 2 is 2.09 bits per heavy atom. The maximum Gasteiger partial charge on any atom is 0.411 e. The molecule has 3 aromatic rings. The number of cyclic esters (lactones) is 1. The summed E-state index contributed by atoms with van der Waals surface area (Å²) in [7, 11) is 1.60. The van der Waals surface area contributed by atoms with Gasteiger partial charge < -0.3 is 20.1 Å². The van der Waals surface area contributed by atoms with Crippen LogP contribution in [0.4, 0.5) is 10.5 Å². The predicted octanol–water partition coefficient (Wildman–Crippen LogP) is 3.05. The molecule has 2 aromatic heterocycles. The number of nitrogens with zero attached hydrogens (tertiary/aromatic N) is 3. The van der Waals surface area contributed by atoms with E-state index in [9.17, 15) is 9.59 Å². The van der Waals surface area contributed by atoms with Gasteiger partial charge in [-0.05, 0) is 55.8 Å². The number of amides is 2. The minimum Gasteiger partial charge on any atom is -0.481 e. The van der Waals surface area contributed by atoms with Crippen molar-refractivity contribution >= 4 is 40.5 Å². The molecule has 0 aliphatic carbocycles. The molecule has 0 radical (unpaired) electrons. The van der Waals surface area contributed by atoms with E-state index in [0.717, 1.165) is 40.1 Å². The average molecular weight is 480 g/mol. The number of ether oxygens (including phenoxy) is 2. The number of fused-ring (bicyclic) bond motifs is 2. The predicted molar refractivity (Wildman–Crippen MR) is 129 cm³/mol. The van der Waals surface area contributed by atoms with E-state index >= 15 is 0 Å². The first-order valence-electron chi connectivity index (χ1n) is 11.2. The Morgan fingerprint density at radius 1 is 1.21 bits per heavy atom. The Bertz CT molecular complexity index is 1220. The fraction of sp³-hybridized carbons (Fsp3) is 0.333. The second kappa shape index (κ2) is 9.86. The van der Waals surface area contributed by atoms with Gasteiger partial charge in [-0.15, -0.1) is 0 Å². The van der Waals surface area contributed by atoms with Gasteiger partial charge in [0.25, 0.3) is 5.91 Å². The van der Waals surface area contributed by atoms with Crippen LogP contribution in [0.25, 0.3) is 11.0 Å². The Labute approximate surface area is 201 Å². The summed E-state index contributed by atoms with van der Waals surface area (Å²) >= 11 is 1.38. The number of carbonyl (C=O) groups is 2. The van der Waals surface area contributed by atoms with Crippen molar-refractivity contribution in [2.45, 2.75) is 29.2 Å². The molecule has 4 heterocycles. The van der Waals surface area contributed by atoms with Crippen LogP contribution in [0.5, 0.6) is 5.88 Å². The van der Waals surface area contributed by atoms with E-state index in [-0.39, 0.29) is 12.0 Å². The van der Waals surface area contributed by atoms with E-state index in [1.165, 1.54) is 16.7 Å². The first kappa shape index (κ1) is 22.4. The quantitative estimate of drug-likeness (QED) is 0.475. The van der Waals surface area contributed by atoms with Crippen molar-refractivity contribution in [3.63, 3.8) is 0 Å². The van der Waals surface area contributed by atoms with Gasteiger partial charge in [0.05, 0.1) is 30.4 Å². The van der Waals surface area contributed by atoms with E-state index in [4.69, 9.17) is 9.47 Å². The molecule has 0 bridgehead atoms. The van der Waals surface area contributed by atoms with Crippen LogP contribution in [0, 0.1) is 0 Å². The number of nitrogens with one attached hydrogen (secondary N) is 2. The molecule has 0 saturated carbocycles. The number of pyridine rings is 2. The first-order valence-corrected chi connectivity index (χ1v) is 12.0. The summed E-state index contributed by atoms with van der Waals surface area (Å²) in [5, 5.41) is 5.67. The fourth-order valence-corrected chi connectivity index (χ4v) is 5.23. The third-order valence-corrected chi connectivity index (χ3v) is 7.16. The van der Waals surface area contributed by atoms with Gasteiger partial charge in [-0.2, -0.15) is 0 Å². The third-order valence-electron chi connectivity index (χ3n) is 5.86. The van der Waals surface area contributed by atoms with Crippen LogP contribution < -0.4 is 15.4 Å². The zero-order chi connectivity index (χ0) is 23.5. The number of carbonyl (C=O) groups excluding carboxylic acids is 2. The zero-order valence-corrected chi connectivity index (χ0v) is 19.5. The van der Waals surface area contributed by atoms with E-state index in [1.807, 2.05) is 36.4 Å². The molecule has 2 atom stereocenters. The smallest absolute Gasteiger partial charge is 0.411 e. The van der Waals surface area contributed by atoms with Crippen molar-refractivity contribution in [1.29, 1.82) is 0 Å². The summed E-state index contributed by atoms with van der Waals surface area (Å²) in [6.07, 6.45) is 2.55. The van der Waals surface area contributed by atoms with Crippen LogP contribution in [0.3, 0.4) is 0 Å². The SMILES string of the molecule is COc1ccc2nccc(CCNCCC3CN(C4Sc5ccccc5NC4=O)C(=O)O3)c2n1. The molecule has 0 spiro atoms. The molecule has 1 aromatic carbocycles. The number of benzene rings is 1. The van der Waals surface area contributed by atoms with Crippen LogP contribution in [0.2, 0.25) is 0 Å². The van der Waals surface area contributed by atoms with Gasteiger partial charge in [-0.25, -0.2) is 9.78 Å². The molecule has 2 unspecified atom stereocenters. The Morgan fingerprint density at radius 3 is 2.97 bits per heavy atom. The van der Waals surface area contributed by atoms with Crippen molar-refractivity contribution in [1.82, 2.24) is 20.2 Å². The van der Waals surface area contributed by atoms with Crippen molar-refractivity contribution in [3.8, 4) is 5.88 Å². The number of aromatic nitrogens is 2. The normalized spacial score (nSPS) is 19.6. The largest absolute Gasteiger partial charge is 0.481 e. The monoisotopic (exact) mass is 479 g/mol. The van der Waals surface area contributed by atoms with Crippen molar-refractivity contribution < 1.29 is 19.1 Å². The molecule has 2 N–H and O–H groups in total. The molecule has 1 fully saturated rings. The van der Waals surface area contributed by atoms with Crippen molar-refractivity contribution in [2.24, 2.45) is 0 Å². The summed E-state index contributed by atoms with van der Waals surface area (Å²) in [6, 6.07) is 13.3. The van der Waals surface area contributed by atoms with Crippen LogP contribution >= 0.6 is 11.8 Å². The van der Waals surface area contributed by atoms with Gasteiger partial charge in [-0.3, -0.25) is 14.7 Å². The van der Waals surface area contributed by atoms with Gasteiger partial charge in [0.1, 0.15) is 6.10 Å². The second-order valence-corrected chi connectivity index (χ2v) is 9.22. The van der Waals surface area contributed by atoms with E-state index in [2.05, 4.69) is 20.6 Å². The van der Waals surface area contributed by atoms with Crippen molar-refractivity contribution in [3.05, 3.63) is 54.2 Å². The molecular formula is C24H25N5O4S.